The van der Waals surface area contributed by atoms with Crippen molar-refractivity contribution in [1.29, 1.82) is 0 Å². The standard InChI is InChI=1S/C13H12N2O2S/c1-8-4-3-5-10(6-8)18-13-14-9(2)7-11(15-13)12(16)17/h3-7H,1-2H3,(H,16,17). The number of aryl methyl sites for hydroxylation is 2. The monoisotopic (exact) mass is 260 g/mol. The number of rotatable bonds is 3. The molecule has 1 aromatic carbocycles. The molecule has 18 heavy (non-hydrogen) atoms. The largest absolute Gasteiger partial charge is 0.477 e. The van der Waals surface area contributed by atoms with Crippen molar-refractivity contribution in [3.63, 3.8) is 0 Å². The lowest BCUT2D eigenvalue weighted by atomic mass is 10.2. The first-order valence-electron chi connectivity index (χ1n) is 5.38. The predicted octanol–water partition coefficient (Wildman–Crippen LogP) is 2.94. The summed E-state index contributed by atoms with van der Waals surface area (Å²) in [5.41, 5.74) is 1.82. The third kappa shape index (κ3) is 3.07. The zero-order valence-electron chi connectivity index (χ0n) is 10.0. The highest BCUT2D eigenvalue weighted by Gasteiger charge is 2.09. The number of benzene rings is 1. The van der Waals surface area contributed by atoms with E-state index in [1.165, 1.54) is 17.8 Å². The van der Waals surface area contributed by atoms with Gasteiger partial charge in [-0.1, -0.05) is 17.7 Å². The van der Waals surface area contributed by atoms with Crippen LogP contribution in [0.25, 0.3) is 0 Å². The molecule has 0 saturated carbocycles. The molecule has 2 aromatic rings. The smallest absolute Gasteiger partial charge is 0.354 e. The minimum Gasteiger partial charge on any atom is -0.477 e. The Morgan fingerprint density at radius 3 is 2.67 bits per heavy atom. The maximum absolute atomic E-state index is 10.9. The average Bonchev–Trinajstić information content (AvgIpc) is 2.28. The third-order valence-electron chi connectivity index (χ3n) is 2.25. The van der Waals surface area contributed by atoms with Gasteiger partial charge in [0, 0.05) is 10.6 Å². The fourth-order valence-electron chi connectivity index (χ4n) is 1.48. The van der Waals surface area contributed by atoms with Gasteiger partial charge in [0.15, 0.2) is 10.9 Å². The van der Waals surface area contributed by atoms with Crippen LogP contribution in [0.15, 0.2) is 40.4 Å². The molecule has 5 heteroatoms. The van der Waals surface area contributed by atoms with Gasteiger partial charge in [-0.15, -0.1) is 0 Å². The Hall–Kier alpha value is -1.88. The minimum absolute atomic E-state index is 0.0256. The fourth-order valence-corrected chi connectivity index (χ4v) is 2.42. The lowest BCUT2D eigenvalue weighted by molar-refractivity contribution is 0.0689. The van der Waals surface area contributed by atoms with Crippen LogP contribution in [-0.4, -0.2) is 21.0 Å². The molecule has 4 nitrogen and oxygen atoms in total. The molecule has 92 valence electrons. The Bertz CT molecular complexity index is 599. The SMILES string of the molecule is Cc1cccc(Sc2nc(C)cc(C(=O)O)n2)c1. The molecule has 0 aliphatic heterocycles. The zero-order valence-corrected chi connectivity index (χ0v) is 10.9. The molecule has 0 amide bonds. The number of hydrogen-bond acceptors (Lipinski definition) is 4. The summed E-state index contributed by atoms with van der Waals surface area (Å²) >= 11 is 1.36. The lowest BCUT2D eigenvalue weighted by Gasteiger charge is -2.03. The Balaban J connectivity index is 2.31. The van der Waals surface area contributed by atoms with Gasteiger partial charge in [-0.05, 0) is 43.8 Å². The van der Waals surface area contributed by atoms with Gasteiger partial charge < -0.3 is 5.11 Å². The Morgan fingerprint density at radius 2 is 2.00 bits per heavy atom. The van der Waals surface area contributed by atoms with Crippen LogP contribution in [0.1, 0.15) is 21.7 Å². The van der Waals surface area contributed by atoms with E-state index in [0.29, 0.717) is 10.9 Å². The average molecular weight is 260 g/mol. The van der Waals surface area contributed by atoms with E-state index in [2.05, 4.69) is 9.97 Å². The molecule has 0 unspecified atom stereocenters. The van der Waals surface area contributed by atoms with Gasteiger partial charge in [-0.25, -0.2) is 14.8 Å². The van der Waals surface area contributed by atoms with Crippen molar-refractivity contribution in [3.8, 4) is 0 Å². The normalized spacial score (nSPS) is 10.3. The second kappa shape index (κ2) is 5.18. The van der Waals surface area contributed by atoms with E-state index < -0.39 is 5.97 Å². The van der Waals surface area contributed by atoms with Crippen LogP contribution in [0.5, 0.6) is 0 Å². The molecule has 1 heterocycles. The van der Waals surface area contributed by atoms with E-state index in [0.717, 1.165) is 10.5 Å². The molecule has 0 saturated heterocycles. The van der Waals surface area contributed by atoms with Gasteiger partial charge in [0.25, 0.3) is 0 Å². The molecule has 0 aliphatic carbocycles. The number of nitrogens with zero attached hydrogens (tertiary/aromatic N) is 2. The van der Waals surface area contributed by atoms with Gasteiger partial charge in [-0.3, -0.25) is 0 Å². The summed E-state index contributed by atoms with van der Waals surface area (Å²) in [4.78, 5) is 20.1. The van der Waals surface area contributed by atoms with Gasteiger partial charge in [-0.2, -0.15) is 0 Å². The highest BCUT2D eigenvalue weighted by Crippen LogP contribution is 2.25. The lowest BCUT2D eigenvalue weighted by Crippen LogP contribution is -2.03. The second-order valence-corrected chi connectivity index (χ2v) is 4.94. The Labute approximate surface area is 109 Å². The molecule has 1 aromatic heterocycles. The highest BCUT2D eigenvalue weighted by molar-refractivity contribution is 7.99. The van der Waals surface area contributed by atoms with Crippen molar-refractivity contribution in [2.45, 2.75) is 23.9 Å². The van der Waals surface area contributed by atoms with Crippen LogP contribution in [0, 0.1) is 13.8 Å². The van der Waals surface area contributed by atoms with E-state index >= 15 is 0 Å². The molecular weight excluding hydrogens is 248 g/mol. The van der Waals surface area contributed by atoms with Gasteiger partial charge in [0.05, 0.1) is 0 Å². The summed E-state index contributed by atoms with van der Waals surface area (Å²) in [6.45, 7) is 3.76. The molecule has 0 spiro atoms. The van der Waals surface area contributed by atoms with E-state index in [-0.39, 0.29) is 5.69 Å². The summed E-state index contributed by atoms with van der Waals surface area (Å²) in [5.74, 6) is -1.04. The van der Waals surface area contributed by atoms with Gasteiger partial charge >= 0.3 is 5.97 Å². The van der Waals surface area contributed by atoms with E-state index in [1.54, 1.807) is 6.92 Å². The molecule has 0 atom stereocenters. The summed E-state index contributed by atoms with van der Waals surface area (Å²) in [7, 11) is 0. The number of aromatic carboxylic acids is 1. The summed E-state index contributed by atoms with van der Waals surface area (Å²) in [6, 6.07) is 9.37. The van der Waals surface area contributed by atoms with Crippen LogP contribution in [0.2, 0.25) is 0 Å². The van der Waals surface area contributed by atoms with Crippen molar-refractivity contribution in [2.75, 3.05) is 0 Å². The number of carboxylic acid groups (broad SMARTS) is 1. The van der Waals surface area contributed by atoms with Gasteiger partial charge in [0.1, 0.15) is 0 Å². The maximum atomic E-state index is 10.9. The molecule has 0 radical (unpaired) electrons. The quantitative estimate of drug-likeness (QED) is 0.860. The fraction of sp³-hybridized carbons (Fsp3) is 0.154. The van der Waals surface area contributed by atoms with Crippen molar-refractivity contribution in [2.24, 2.45) is 0 Å². The molecule has 0 fully saturated rings. The Kier molecular flexibility index (Phi) is 3.62. The van der Waals surface area contributed by atoms with Gasteiger partial charge in [0.2, 0.25) is 0 Å². The maximum Gasteiger partial charge on any atom is 0.354 e. The summed E-state index contributed by atoms with van der Waals surface area (Å²) in [5, 5.41) is 9.40. The van der Waals surface area contributed by atoms with E-state index in [9.17, 15) is 4.79 Å². The molecule has 2 rings (SSSR count). The minimum atomic E-state index is -1.04. The van der Waals surface area contributed by atoms with E-state index in [1.807, 2.05) is 31.2 Å². The third-order valence-corrected chi connectivity index (χ3v) is 3.11. The molecule has 0 bridgehead atoms. The van der Waals surface area contributed by atoms with Crippen molar-refractivity contribution >= 4 is 17.7 Å². The van der Waals surface area contributed by atoms with Crippen LogP contribution in [0.3, 0.4) is 0 Å². The molecule has 1 N–H and O–H groups in total. The number of carboxylic acids is 1. The van der Waals surface area contributed by atoms with Crippen LogP contribution in [0.4, 0.5) is 0 Å². The first-order chi connectivity index (χ1) is 8.54. The zero-order chi connectivity index (χ0) is 13.1. The van der Waals surface area contributed by atoms with Crippen LogP contribution in [-0.2, 0) is 0 Å². The van der Waals surface area contributed by atoms with Crippen molar-refractivity contribution < 1.29 is 9.90 Å². The first kappa shape index (κ1) is 12.6. The highest BCUT2D eigenvalue weighted by atomic mass is 32.2. The summed E-state index contributed by atoms with van der Waals surface area (Å²) < 4.78 is 0. The van der Waals surface area contributed by atoms with Crippen LogP contribution < -0.4 is 0 Å². The number of hydrogen-bond donors (Lipinski definition) is 1. The number of aromatic nitrogens is 2. The predicted molar refractivity (Wildman–Crippen MR) is 69.0 cm³/mol. The second-order valence-electron chi connectivity index (χ2n) is 3.90. The number of carbonyl (C=O) groups is 1. The van der Waals surface area contributed by atoms with Crippen molar-refractivity contribution in [3.05, 3.63) is 47.3 Å². The van der Waals surface area contributed by atoms with Crippen LogP contribution >= 0.6 is 11.8 Å². The molecular formula is C13H12N2O2S. The van der Waals surface area contributed by atoms with Crippen molar-refractivity contribution in [1.82, 2.24) is 9.97 Å². The Morgan fingerprint density at radius 1 is 1.22 bits per heavy atom. The topological polar surface area (TPSA) is 63.1 Å². The van der Waals surface area contributed by atoms with E-state index in [4.69, 9.17) is 5.11 Å². The summed E-state index contributed by atoms with van der Waals surface area (Å²) in [6.07, 6.45) is 0. The molecule has 0 aliphatic rings. The first-order valence-corrected chi connectivity index (χ1v) is 6.20.